The van der Waals surface area contributed by atoms with Gasteiger partial charge in [-0.05, 0) is 38.0 Å². The minimum absolute atomic E-state index is 0.0390. The van der Waals surface area contributed by atoms with Crippen molar-refractivity contribution in [1.29, 1.82) is 0 Å². The van der Waals surface area contributed by atoms with Gasteiger partial charge in [-0.2, -0.15) is 8.42 Å². The van der Waals surface area contributed by atoms with Gasteiger partial charge in [0.15, 0.2) is 12.4 Å². The van der Waals surface area contributed by atoms with Crippen LogP contribution in [-0.2, 0) is 21.5 Å². The number of anilines is 1. The second kappa shape index (κ2) is 14.0. The number of carbonyl (C=O) groups excluding carboxylic acids is 1. The number of rotatable bonds is 15. The Labute approximate surface area is 223 Å². The van der Waals surface area contributed by atoms with Gasteiger partial charge in [0.1, 0.15) is 12.1 Å². The van der Waals surface area contributed by atoms with E-state index in [0.29, 0.717) is 42.8 Å². The minimum Gasteiger partial charge on any atom is -0.422 e. The van der Waals surface area contributed by atoms with Crippen molar-refractivity contribution in [3.8, 4) is 11.1 Å². The Kier molecular flexibility index (Phi) is 10.8. The minimum atomic E-state index is -3.98. The van der Waals surface area contributed by atoms with Gasteiger partial charge in [-0.3, -0.25) is 9.35 Å². The van der Waals surface area contributed by atoms with Crippen LogP contribution in [0, 0.1) is 0 Å². The lowest BCUT2D eigenvalue weighted by Gasteiger charge is -2.23. The zero-order valence-corrected chi connectivity index (χ0v) is 22.6. The van der Waals surface area contributed by atoms with Crippen molar-refractivity contribution in [3.63, 3.8) is 0 Å². The maximum Gasteiger partial charge on any atom is 0.344 e. The molecule has 4 N–H and O–H groups in total. The average molecular weight is 546 g/mol. The normalized spacial score (nSPS) is 11.6. The van der Waals surface area contributed by atoms with Gasteiger partial charge in [-0.1, -0.05) is 6.42 Å². The fraction of sp³-hybridized carbons (Fsp3) is 0.444. The fourth-order valence-electron chi connectivity index (χ4n) is 4.25. The molecule has 0 atom stereocenters. The maximum absolute atomic E-state index is 12.8. The summed E-state index contributed by atoms with van der Waals surface area (Å²) in [6, 6.07) is 11.2. The second-order valence-electron chi connectivity index (χ2n) is 9.16. The van der Waals surface area contributed by atoms with Crippen LogP contribution in [0.2, 0.25) is 0 Å². The van der Waals surface area contributed by atoms with Crippen LogP contribution in [0.1, 0.15) is 39.0 Å². The molecule has 10 nitrogen and oxygen atoms in total. The van der Waals surface area contributed by atoms with Crippen molar-refractivity contribution in [2.24, 2.45) is 5.73 Å². The van der Waals surface area contributed by atoms with Gasteiger partial charge in [0.05, 0.1) is 11.3 Å². The van der Waals surface area contributed by atoms with Gasteiger partial charge in [0, 0.05) is 73.9 Å². The topological polar surface area (TPSA) is 147 Å². The van der Waals surface area contributed by atoms with Crippen molar-refractivity contribution in [2.45, 2.75) is 45.6 Å². The average Bonchev–Trinajstić information content (AvgIpc) is 2.88. The summed E-state index contributed by atoms with van der Waals surface area (Å²) in [6.07, 6.45) is 7.03. The molecular formula is C27H37N4O6S+. The molecule has 0 bridgehead atoms. The molecule has 0 aliphatic rings. The van der Waals surface area contributed by atoms with Gasteiger partial charge >= 0.3 is 5.63 Å². The number of unbranched alkanes of at least 4 members (excludes halogenated alkanes) is 2. The molecule has 0 radical (unpaired) electrons. The third kappa shape index (κ3) is 8.93. The number of nitrogens with two attached hydrogens (primary N) is 1. The van der Waals surface area contributed by atoms with Crippen LogP contribution in [0.4, 0.5) is 5.69 Å². The summed E-state index contributed by atoms with van der Waals surface area (Å²) in [6.45, 7) is 5.10. The zero-order chi connectivity index (χ0) is 27.5. The summed E-state index contributed by atoms with van der Waals surface area (Å²) in [7, 11) is -3.98. The van der Waals surface area contributed by atoms with Gasteiger partial charge in [-0.25, -0.2) is 9.36 Å². The molecular weight excluding hydrogens is 508 g/mol. The number of benzene rings is 1. The Hall–Kier alpha value is -3.28. The van der Waals surface area contributed by atoms with Crippen LogP contribution in [0.3, 0.4) is 0 Å². The molecule has 38 heavy (non-hydrogen) atoms. The molecule has 0 fully saturated rings. The van der Waals surface area contributed by atoms with E-state index in [-0.39, 0.29) is 18.1 Å². The number of amides is 1. The van der Waals surface area contributed by atoms with E-state index in [1.54, 1.807) is 29.1 Å². The van der Waals surface area contributed by atoms with E-state index in [1.807, 2.05) is 24.3 Å². The lowest BCUT2D eigenvalue weighted by molar-refractivity contribution is -0.696. The van der Waals surface area contributed by atoms with Crippen molar-refractivity contribution in [3.05, 3.63) is 59.2 Å². The van der Waals surface area contributed by atoms with E-state index in [0.717, 1.165) is 43.4 Å². The number of carbonyl (C=O) groups is 1. The summed E-state index contributed by atoms with van der Waals surface area (Å²) in [5, 5.41) is 3.59. The number of nitrogens with one attached hydrogen (secondary N) is 1. The molecule has 11 heteroatoms. The van der Waals surface area contributed by atoms with Crippen LogP contribution < -0.4 is 26.1 Å². The van der Waals surface area contributed by atoms with Crippen LogP contribution in [0.15, 0.2) is 58.0 Å². The molecule has 3 rings (SSSR count). The molecule has 206 valence electrons. The lowest BCUT2D eigenvalue weighted by Crippen LogP contribution is -2.33. The highest BCUT2D eigenvalue weighted by atomic mass is 32.2. The third-order valence-electron chi connectivity index (χ3n) is 6.29. The fourth-order valence-corrected chi connectivity index (χ4v) is 4.74. The van der Waals surface area contributed by atoms with Gasteiger partial charge < -0.3 is 20.4 Å². The molecule has 0 saturated carbocycles. The molecule has 1 aromatic carbocycles. The predicted molar refractivity (Wildman–Crippen MR) is 148 cm³/mol. The Balaban J connectivity index is 1.63. The summed E-state index contributed by atoms with van der Waals surface area (Å²) < 4.78 is 38.1. The number of fused-ring (bicyclic) bond motifs is 1. The summed E-state index contributed by atoms with van der Waals surface area (Å²) in [5.41, 5.74) is 7.59. The zero-order valence-electron chi connectivity index (χ0n) is 21.8. The Morgan fingerprint density at radius 1 is 1.11 bits per heavy atom. The quantitative estimate of drug-likeness (QED) is 0.114. The van der Waals surface area contributed by atoms with Crippen molar-refractivity contribution < 1.29 is 26.7 Å². The molecule has 2 aromatic heterocycles. The summed E-state index contributed by atoms with van der Waals surface area (Å²) in [4.78, 5) is 26.7. The van der Waals surface area contributed by atoms with Crippen molar-refractivity contribution in [1.82, 2.24) is 5.32 Å². The molecule has 0 spiro atoms. The molecule has 1 amide bonds. The van der Waals surface area contributed by atoms with Gasteiger partial charge in [0.25, 0.3) is 10.1 Å². The van der Waals surface area contributed by atoms with Crippen LogP contribution in [0.25, 0.3) is 22.1 Å². The van der Waals surface area contributed by atoms with Gasteiger partial charge in [-0.15, -0.1) is 0 Å². The highest BCUT2D eigenvalue weighted by Crippen LogP contribution is 2.25. The van der Waals surface area contributed by atoms with E-state index >= 15 is 0 Å². The lowest BCUT2D eigenvalue weighted by atomic mass is 10.1. The predicted octanol–water partition coefficient (Wildman–Crippen LogP) is 2.49. The summed E-state index contributed by atoms with van der Waals surface area (Å²) in [5.74, 6) is -0.265. The molecule has 0 unspecified atom stereocenters. The first-order valence-electron chi connectivity index (χ1n) is 12.9. The monoisotopic (exact) mass is 545 g/mol. The van der Waals surface area contributed by atoms with Crippen LogP contribution in [0.5, 0.6) is 0 Å². The smallest absolute Gasteiger partial charge is 0.344 e. The van der Waals surface area contributed by atoms with E-state index in [4.69, 9.17) is 14.7 Å². The number of nitrogens with zero attached hydrogens (tertiary/aromatic N) is 2. The maximum atomic E-state index is 12.8. The van der Waals surface area contributed by atoms with Crippen LogP contribution >= 0.6 is 0 Å². The summed E-state index contributed by atoms with van der Waals surface area (Å²) >= 11 is 0. The third-order valence-corrected chi connectivity index (χ3v) is 7.09. The Bertz CT molecular complexity index is 1370. The van der Waals surface area contributed by atoms with E-state index < -0.39 is 15.7 Å². The second-order valence-corrected chi connectivity index (χ2v) is 10.7. The number of hydrogen-bond donors (Lipinski definition) is 3. The largest absolute Gasteiger partial charge is 0.422 e. The highest BCUT2D eigenvalue weighted by molar-refractivity contribution is 7.85. The van der Waals surface area contributed by atoms with Gasteiger partial charge in [0.2, 0.25) is 5.91 Å². The molecule has 0 saturated heterocycles. The first-order chi connectivity index (χ1) is 18.2. The molecule has 0 aliphatic carbocycles. The van der Waals surface area contributed by atoms with Crippen molar-refractivity contribution >= 4 is 32.7 Å². The van der Waals surface area contributed by atoms with E-state index in [1.165, 1.54) is 0 Å². The molecule has 3 aromatic rings. The SMILES string of the molecule is CCN(CCCCCC(=O)NCCN)c1ccc2cc(-c3cc[n+](CCCS(=O)(=O)O)cc3)c(=O)oc2c1. The first-order valence-corrected chi connectivity index (χ1v) is 14.6. The number of aryl methyl sites for hydroxylation is 1. The first kappa shape index (κ1) is 29.3. The number of aromatic nitrogens is 1. The number of pyridine rings is 1. The van der Waals surface area contributed by atoms with E-state index in [2.05, 4.69) is 17.1 Å². The Morgan fingerprint density at radius 2 is 1.87 bits per heavy atom. The van der Waals surface area contributed by atoms with Crippen molar-refractivity contribution in [2.75, 3.05) is 36.8 Å². The number of hydrogen-bond acceptors (Lipinski definition) is 7. The highest BCUT2D eigenvalue weighted by Gasteiger charge is 2.13. The standard InChI is InChI=1S/C27H36N4O6S/c1-2-31(15-5-3-4-7-26(32)29-13-12-28)23-9-8-22-19-24(27(33)37-25(22)20-23)21-10-16-30(17-11-21)14-6-18-38(34,35)36/h8-11,16-17,19-20H,2-7,12-15,18,28H2,1H3,(H-,29,32,34,35,36)/p+1. The molecule has 0 aliphatic heterocycles. The van der Waals surface area contributed by atoms with Crippen LogP contribution in [-0.4, -0.2) is 50.8 Å². The Morgan fingerprint density at radius 3 is 2.55 bits per heavy atom. The van der Waals surface area contributed by atoms with E-state index in [9.17, 15) is 18.0 Å². The molecule has 2 heterocycles.